The van der Waals surface area contributed by atoms with Crippen molar-refractivity contribution >= 4 is 16.3 Å². The average molecular weight is 335 g/mol. The fourth-order valence-corrected chi connectivity index (χ4v) is 3.35. The molecule has 1 aliphatic heterocycles. The van der Waals surface area contributed by atoms with Crippen LogP contribution in [-0.4, -0.2) is 50.1 Å². The topological polar surface area (TPSA) is 87.7 Å². The molecule has 0 bridgehead atoms. The van der Waals surface area contributed by atoms with Gasteiger partial charge in [-0.25, -0.2) is 9.52 Å². The molecule has 0 saturated carbocycles. The molecule has 1 heterocycles. The van der Waals surface area contributed by atoms with Crippen molar-refractivity contribution in [2.75, 3.05) is 19.6 Å². The number of ether oxygens (including phenoxy) is 1. The molecule has 0 aromatic rings. The largest absolute Gasteiger partial charge is 0.444 e. The van der Waals surface area contributed by atoms with E-state index in [1.807, 2.05) is 20.8 Å². The summed E-state index contributed by atoms with van der Waals surface area (Å²) in [5, 5.41) is 2.80. The van der Waals surface area contributed by atoms with Gasteiger partial charge < -0.3 is 10.1 Å². The Morgan fingerprint density at radius 3 is 2.32 bits per heavy atom. The van der Waals surface area contributed by atoms with Crippen LogP contribution < -0.4 is 10.0 Å². The first-order valence-electron chi connectivity index (χ1n) is 7.55. The van der Waals surface area contributed by atoms with Crippen LogP contribution in [0.1, 0.15) is 48.0 Å². The van der Waals surface area contributed by atoms with Gasteiger partial charge in [-0.3, -0.25) is 0 Å². The zero-order valence-electron chi connectivity index (χ0n) is 14.4. The molecule has 0 aromatic carbocycles. The molecule has 8 heteroatoms. The molecule has 1 atom stereocenters. The van der Waals surface area contributed by atoms with Gasteiger partial charge in [0.15, 0.2) is 0 Å². The quantitative estimate of drug-likeness (QED) is 0.817. The Bertz CT molecular complexity index is 491. The predicted molar refractivity (Wildman–Crippen MR) is 85.7 cm³/mol. The molecule has 0 spiro atoms. The molecule has 1 fully saturated rings. The van der Waals surface area contributed by atoms with Crippen LogP contribution in [0.4, 0.5) is 4.79 Å². The van der Waals surface area contributed by atoms with Crippen molar-refractivity contribution in [2.45, 2.75) is 59.6 Å². The minimum atomic E-state index is -3.46. The van der Waals surface area contributed by atoms with E-state index < -0.39 is 21.9 Å². The number of rotatable bonds is 3. The molecular weight excluding hydrogens is 306 g/mol. The van der Waals surface area contributed by atoms with Crippen molar-refractivity contribution in [3.8, 4) is 0 Å². The minimum absolute atomic E-state index is 0.220. The lowest BCUT2D eigenvalue weighted by Crippen LogP contribution is -2.56. The Morgan fingerprint density at radius 2 is 1.86 bits per heavy atom. The number of hydrogen-bond donors (Lipinski definition) is 2. The highest BCUT2D eigenvalue weighted by atomic mass is 32.2. The molecule has 0 aromatic heterocycles. The highest BCUT2D eigenvalue weighted by Crippen LogP contribution is 2.22. The van der Waals surface area contributed by atoms with E-state index in [2.05, 4.69) is 10.0 Å². The number of nitrogens with zero attached hydrogens (tertiary/aromatic N) is 1. The molecule has 0 radical (unpaired) electrons. The first kappa shape index (κ1) is 19.2. The third-order valence-electron chi connectivity index (χ3n) is 3.33. The molecule has 0 unspecified atom stereocenters. The summed E-state index contributed by atoms with van der Waals surface area (Å²) in [5.41, 5.74) is -0.894. The standard InChI is InChI=1S/C14H29N3O4S/c1-13(2,3)11(16-12(18)21-14(4,5)6)10-17-9-7-8-15-22(17,19)20/h11,15H,7-10H2,1-6H3,(H,16,18)/t11-/m1/s1. The molecule has 1 aliphatic rings. The molecular formula is C14H29N3O4S. The van der Waals surface area contributed by atoms with Gasteiger partial charge in [0, 0.05) is 19.6 Å². The lowest BCUT2D eigenvalue weighted by Gasteiger charge is -2.37. The molecule has 1 saturated heterocycles. The average Bonchev–Trinajstić information content (AvgIpc) is 2.26. The third-order valence-corrected chi connectivity index (χ3v) is 4.91. The first-order valence-corrected chi connectivity index (χ1v) is 8.99. The van der Waals surface area contributed by atoms with Gasteiger partial charge in [-0.15, -0.1) is 0 Å². The van der Waals surface area contributed by atoms with Crippen molar-refractivity contribution in [2.24, 2.45) is 5.41 Å². The van der Waals surface area contributed by atoms with Gasteiger partial charge in [0.1, 0.15) is 5.60 Å². The van der Waals surface area contributed by atoms with Gasteiger partial charge in [-0.1, -0.05) is 20.8 Å². The van der Waals surface area contributed by atoms with Crippen molar-refractivity contribution in [1.29, 1.82) is 0 Å². The van der Waals surface area contributed by atoms with E-state index in [0.29, 0.717) is 13.1 Å². The number of carbonyl (C=O) groups is 1. The summed E-state index contributed by atoms with van der Waals surface area (Å²) in [7, 11) is -3.46. The van der Waals surface area contributed by atoms with E-state index in [-0.39, 0.29) is 18.0 Å². The maximum atomic E-state index is 12.0. The highest BCUT2D eigenvalue weighted by Gasteiger charge is 2.34. The van der Waals surface area contributed by atoms with Gasteiger partial charge in [-0.05, 0) is 32.6 Å². The number of alkyl carbamates (subject to hydrolysis) is 1. The van der Waals surface area contributed by atoms with Gasteiger partial charge in [0.05, 0.1) is 6.04 Å². The van der Waals surface area contributed by atoms with E-state index in [1.165, 1.54) is 4.31 Å². The highest BCUT2D eigenvalue weighted by molar-refractivity contribution is 7.87. The number of hydrogen-bond acceptors (Lipinski definition) is 4. The second-order valence-corrected chi connectivity index (χ2v) is 9.43. The lowest BCUT2D eigenvalue weighted by molar-refractivity contribution is 0.0451. The van der Waals surface area contributed by atoms with E-state index in [4.69, 9.17) is 4.74 Å². The maximum Gasteiger partial charge on any atom is 0.407 e. The van der Waals surface area contributed by atoms with Crippen LogP contribution in [0.3, 0.4) is 0 Å². The second-order valence-electron chi connectivity index (χ2n) is 7.68. The van der Waals surface area contributed by atoms with Crippen LogP contribution in [0.25, 0.3) is 0 Å². The fourth-order valence-electron chi connectivity index (χ4n) is 2.05. The monoisotopic (exact) mass is 335 g/mol. The smallest absolute Gasteiger partial charge is 0.407 e. The summed E-state index contributed by atoms with van der Waals surface area (Å²) in [6, 6.07) is -0.350. The third kappa shape index (κ3) is 6.10. The number of nitrogens with one attached hydrogen (secondary N) is 2. The molecule has 2 N–H and O–H groups in total. The van der Waals surface area contributed by atoms with Crippen LogP contribution >= 0.6 is 0 Å². The van der Waals surface area contributed by atoms with Crippen molar-refractivity contribution in [3.63, 3.8) is 0 Å². The van der Waals surface area contributed by atoms with Crippen LogP contribution in [-0.2, 0) is 14.9 Å². The van der Waals surface area contributed by atoms with Gasteiger partial charge >= 0.3 is 6.09 Å². The van der Waals surface area contributed by atoms with Crippen LogP contribution in [0.5, 0.6) is 0 Å². The molecule has 1 amide bonds. The Kier molecular flexibility index (Phi) is 5.86. The zero-order chi connectivity index (χ0) is 17.2. The van der Waals surface area contributed by atoms with Gasteiger partial charge in [0.2, 0.25) is 0 Å². The normalized spacial score (nSPS) is 21.2. The summed E-state index contributed by atoms with van der Waals surface area (Å²) in [4.78, 5) is 12.0. The van der Waals surface area contributed by atoms with Crippen LogP contribution in [0, 0.1) is 5.41 Å². The summed E-state index contributed by atoms with van der Waals surface area (Å²) in [6.45, 7) is 12.4. The van der Waals surface area contributed by atoms with Crippen LogP contribution in [0.15, 0.2) is 0 Å². The maximum absolute atomic E-state index is 12.0. The predicted octanol–water partition coefficient (Wildman–Crippen LogP) is 1.47. The van der Waals surface area contributed by atoms with Crippen molar-refractivity contribution in [3.05, 3.63) is 0 Å². The van der Waals surface area contributed by atoms with E-state index in [1.54, 1.807) is 20.8 Å². The Morgan fingerprint density at radius 1 is 1.27 bits per heavy atom. The zero-order valence-corrected chi connectivity index (χ0v) is 15.2. The lowest BCUT2D eigenvalue weighted by atomic mass is 9.86. The summed E-state index contributed by atoms with van der Waals surface area (Å²) < 4.78 is 33.2. The van der Waals surface area contributed by atoms with E-state index in [0.717, 1.165) is 6.42 Å². The minimum Gasteiger partial charge on any atom is -0.444 e. The Hall–Kier alpha value is -0.860. The van der Waals surface area contributed by atoms with Crippen molar-refractivity contribution in [1.82, 2.24) is 14.3 Å². The SMILES string of the molecule is CC(C)(C)OC(=O)N[C@H](CN1CCCNS1(=O)=O)C(C)(C)C. The second kappa shape index (κ2) is 6.72. The Labute approximate surface area is 134 Å². The Balaban J connectivity index is 2.80. The molecule has 0 aliphatic carbocycles. The molecule has 1 rings (SSSR count). The molecule has 130 valence electrons. The van der Waals surface area contributed by atoms with Gasteiger partial charge in [-0.2, -0.15) is 12.7 Å². The molecule has 22 heavy (non-hydrogen) atoms. The molecule has 7 nitrogen and oxygen atoms in total. The number of carbonyl (C=O) groups excluding carboxylic acids is 1. The summed E-state index contributed by atoms with van der Waals surface area (Å²) in [5.74, 6) is 0. The van der Waals surface area contributed by atoms with Gasteiger partial charge in [0.25, 0.3) is 10.2 Å². The van der Waals surface area contributed by atoms with E-state index in [9.17, 15) is 13.2 Å². The van der Waals surface area contributed by atoms with Crippen molar-refractivity contribution < 1.29 is 17.9 Å². The fraction of sp³-hybridized carbons (Fsp3) is 0.929. The van der Waals surface area contributed by atoms with E-state index >= 15 is 0 Å². The summed E-state index contributed by atoms with van der Waals surface area (Å²) >= 11 is 0. The van der Waals surface area contributed by atoms with Crippen LogP contribution in [0.2, 0.25) is 0 Å². The number of amides is 1. The summed E-state index contributed by atoms with van der Waals surface area (Å²) in [6.07, 6.45) is 0.220. The first-order chi connectivity index (χ1) is 9.81.